The largest absolute Gasteiger partial charge is 0.494 e. The molecule has 0 radical (unpaired) electrons. The number of benzene rings is 2. The van der Waals surface area contributed by atoms with E-state index in [0.29, 0.717) is 11.0 Å². The summed E-state index contributed by atoms with van der Waals surface area (Å²) in [7, 11) is 0. The first-order chi connectivity index (χ1) is 16.3. The van der Waals surface area contributed by atoms with E-state index in [0.717, 1.165) is 35.2 Å². The van der Waals surface area contributed by atoms with Crippen LogP contribution in [0.3, 0.4) is 0 Å². The summed E-state index contributed by atoms with van der Waals surface area (Å²) in [5.74, 6) is 0.855. The number of hydrogen-bond acceptors (Lipinski definition) is 4. The average molecular weight is 445 g/mol. The van der Waals surface area contributed by atoms with Crippen LogP contribution in [-0.2, 0) is 0 Å². The molecular weight excluding hydrogens is 412 g/mol. The molecule has 0 aliphatic heterocycles. The smallest absolute Gasteiger partial charge is 0.298 e. The van der Waals surface area contributed by atoms with Crippen LogP contribution >= 0.6 is 0 Å². The van der Waals surface area contributed by atoms with Crippen LogP contribution < -0.4 is 10.3 Å². The lowest BCUT2D eigenvalue weighted by atomic mass is 10.1. The van der Waals surface area contributed by atoms with Crippen molar-refractivity contribution in [1.29, 1.82) is 0 Å². The van der Waals surface area contributed by atoms with Crippen LogP contribution in [0.4, 0.5) is 0 Å². The molecule has 2 heterocycles. The fourth-order valence-electron chi connectivity index (χ4n) is 3.98. The number of nitrogens with one attached hydrogen (secondary N) is 1. The summed E-state index contributed by atoms with van der Waals surface area (Å²) in [4.78, 5) is 20.4. The Hall–Kier alpha value is -3.41. The van der Waals surface area contributed by atoms with Crippen LogP contribution in [0.25, 0.3) is 21.9 Å². The molecule has 1 N–H and O–H groups in total. The van der Waals surface area contributed by atoms with Gasteiger partial charge in [-0.1, -0.05) is 70.1 Å². The molecule has 2 aromatic carbocycles. The first-order valence-electron chi connectivity index (χ1n) is 12.0. The lowest BCUT2D eigenvalue weighted by molar-refractivity contribution is 0.304. The van der Waals surface area contributed by atoms with E-state index < -0.39 is 0 Å². The highest BCUT2D eigenvalue weighted by atomic mass is 16.5. The Morgan fingerprint density at radius 2 is 1.70 bits per heavy atom. The molecule has 33 heavy (non-hydrogen) atoms. The summed E-state index contributed by atoms with van der Waals surface area (Å²) >= 11 is 0. The Bertz CT molecular complexity index is 1250. The maximum Gasteiger partial charge on any atom is 0.298 e. The summed E-state index contributed by atoms with van der Waals surface area (Å²) in [5, 5.41) is 5.24. The molecule has 0 amide bonds. The summed E-state index contributed by atoms with van der Waals surface area (Å²) in [6, 6.07) is 15.5. The lowest BCUT2D eigenvalue weighted by Gasteiger charge is -2.06. The van der Waals surface area contributed by atoms with Gasteiger partial charge >= 0.3 is 0 Å². The van der Waals surface area contributed by atoms with Gasteiger partial charge in [-0.2, -0.15) is 9.78 Å². The van der Waals surface area contributed by atoms with Crippen molar-refractivity contribution in [1.82, 2.24) is 14.6 Å². The van der Waals surface area contributed by atoms with Crippen LogP contribution in [-0.4, -0.2) is 27.5 Å². The number of aromatic amines is 1. The Labute approximate surface area is 194 Å². The molecule has 0 unspecified atom stereocenters. The highest BCUT2D eigenvalue weighted by Crippen LogP contribution is 2.20. The SMILES string of the molecule is CCCCCCCCCCOc1ccc(/C=N/n2cnc3c([nH]c4ccccc43)c2=O)cc1. The summed E-state index contributed by atoms with van der Waals surface area (Å²) < 4.78 is 7.11. The van der Waals surface area contributed by atoms with E-state index in [4.69, 9.17) is 4.74 Å². The Kier molecular flexibility index (Phi) is 7.90. The highest BCUT2D eigenvalue weighted by molar-refractivity contribution is 6.04. The summed E-state index contributed by atoms with van der Waals surface area (Å²) in [5.41, 5.74) is 2.68. The number of rotatable bonds is 12. The molecule has 6 nitrogen and oxygen atoms in total. The third-order valence-corrected chi connectivity index (χ3v) is 5.87. The van der Waals surface area contributed by atoms with Gasteiger partial charge in [0.25, 0.3) is 5.56 Å². The molecule has 6 heteroatoms. The van der Waals surface area contributed by atoms with Crippen LogP contribution in [0, 0.1) is 0 Å². The van der Waals surface area contributed by atoms with Crippen LogP contribution in [0.1, 0.15) is 63.9 Å². The topological polar surface area (TPSA) is 72.3 Å². The molecule has 0 saturated heterocycles. The molecule has 172 valence electrons. The maximum atomic E-state index is 12.8. The molecule has 0 spiro atoms. The number of fused-ring (bicyclic) bond motifs is 3. The predicted molar refractivity (Wildman–Crippen MR) is 135 cm³/mol. The monoisotopic (exact) mass is 444 g/mol. The molecule has 4 rings (SSSR count). The molecule has 0 bridgehead atoms. The number of ether oxygens (including phenoxy) is 1. The van der Waals surface area contributed by atoms with Gasteiger partial charge in [0.15, 0.2) is 0 Å². The zero-order valence-corrected chi connectivity index (χ0v) is 19.3. The fraction of sp³-hybridized carbons (Fsp3) is 0.370. The third kappa shape index (κ3) is 5.89. The van der Waals surface area contributed by atoms with E-state index in [2.05, 4.69) is 22.0 Å². The number of H-pyrrole nitrogens is 1. The first-order valence-corrected chi connectivity index (χ1v) is 12.0. The first kappa shape index (κ1) is 22.8. The Morgan fingerprint density at radius 3 is 2.48 bits per heavy atom. The van der Waals surface area contributed by atoms with Gasteiger partial charge in [-0.15, -0.1) is 0 Å². The second kappa shape index (κ2) is 11.5. The van der Waals surface area contributed by atoms with E-state index in [1.165, 1.54) is 55.9 Å². The highest BCUT2D eigenvalue weighted by Gasteiger charge is 2.09. The molecule has 4 aromatic rings. The van der Waals surface area contributed by atoms with Crippen molar-refractivity contribution in [3.63, 3.8) is 0 Å². The standard InChI is InChI=1S/C27H32N4O2/c1-2-3-4-5-6-7-8-11-18-33-22-16-14-21(15-17-22)19-29-31-20-28-25-23-12-9-10-13-24(23)30-26(25)27(31)32/h9-10,12-17,19-20,30H,2-8,11,18H2,1H3/b29-19+. The van der Waals surface area contributed by atoms with Crippen molar-refractivity contribution in [2.24, 2.45) is 5.10 Å². The molecule has 0 aliphatic rings. The van der Waals surface area contributed by atoms with Crippen molar-refractivity contribution in [3.05, 3.63) is 70.8 Å². The minimum absolute atomic E-state index is 0.224. The normalized spacial score (nSPS) is 11.7. The Balaban J connectivity index is 1.29. The maximum absolute atomic E-state index is 12.8. The number of aromatic nitrogens is 3. The predicted octanol–water partition coefficient (Wildman–Crippen LogP) is 6.28. The third-order valence-electron chi connectivity index (χ3n) is 5.87. The van der Waals surface area contributed by atoms with E-state index in [9.17, 15) is 4.79 Å². The Morgan fingerprint density at radius 1 is 0.970 bits per heavy atom. The van der Waals surface area contributed by atoms with E-state index in [-0.39, 0.29) is 5.56 Å². The lowest BCUT2D eigenvalue weighted by Crippen LogP contribution is -2.17. The number of unbranched alkanes of at least 4 members (excludes halogenated alkanes) is 7. The number of nitrogens with zero attached hydrogens (tertiary/aromatic N) is 3. The average Bonchev–Trinajstić information content (AvgIpc) is 3.23. The van der Waals surface area contributed by atoms with Gasteiger partial charge in [0, 0.05) is 10.9 Å². The zero-order valence-electron chi connectivity index (χ0n) is 19.3. The van der Waals surface area contributed by atoms with Crippen molar-refractivity contribution >= 4 is 28.2 Å². The molecule has 0 fully saturated rings. The van der Waals surface area contributed by atoms with Crippen molar-refractivity contribution in [3.8, 4) is 5.75 Å². The molecule has 0 saturated carbocycles. The van der Waals surface area contributed by atoms with Gasteiger partial charge in [0.2, 0.25) is 0 Å². The minimum atomic E-state index is -0.224. The van der Waals surface area contributed by atoms with Crippen molar-refractivity contribution < 1.29 is 4.74 Å². The van der Waals surface area contributed by atoms with Gasteiger partial charge in [-0.3, -0.25) is 4.79 Å². The fourth-order valence-corrected chi connectivity index (χ4v) is 3.98. The number of para-hydroxylation sites is 1. The second-order valence-corrected chi connectivity index (χ2v) is 8.43. The van der Waals surface area contributed by atoms with Gasteiger partial charge in [0.05, 0.1) is 12.8 Å². The van der Waals surface area contributed by atoms with E-state index in [1.807, 2.05) is 48.5 Å². The van der Waals surface area contributed by atoms with Crippen LogP contribution in [0.5, 0.6) is 5.75 Å². The zero-order chi connectivity index (χ0) is 22.9. The second-order valence-electron chi connectivity index (χ2n) is 8.43. The molecule has 2 aromatic heterocycles. The minimum Gasteiger partial charge on any atom is -0.494 e. The van der Waals surface area contributed by atoms with Gasteiger partial charge in [0.1, 0.15) is 23.1 Å². The molecule has 0 aliphatic carbocycles. The summed E-state index contributed by atoms with van der Waals surface area (Å²) in [6.45, 7) is 2.99. The van der Waals surface area contributed by atoms with Gasteiger partial charge < -0.3 is 9.72 Å². The van der Waals surface area contributed by atoms with Gasteiger partial charge in [-0.05, 0) is 42.3 Å². The van der Waals surface area contributed by atoms with Gasteiger partial charge in [-0.25, -0.2) is 4.98 Å². The number of hydrogen-bond donors (Lipinski definition) is 1. The summed E-state index contributed by atoms with van der Waals surface area (Å²) in [6.07, 6.45) is 13.4. The molecule has 0 atom stereocenters. The van der Waals surface area contributed by atoms with Crippen molar-refractivity contribution in [2.75, 3.05) is 6.61 Å². The van der Waals surface area contributed by atoms with E-state index >= 15 is 0 Å². The van der Waals surface area contributed by atoms with Crippen molar-refractivity contribution in [2.45, 2.75) is 58.3 Å². The molecular formula is C27H32N4O2. The van der Waals surface area contributed by atoms with E-state index in [1.54, 1.807) is 6.21 Å². The quantitative estimate of drug-likeness (QED) is 0.206. The van der Waals surface area contributed by atoms with Crippen LogP contribution in [0.2, 0.25) is 0 Å². The van der Waals surface area contributed by atoms with Crippen LogP contribution in [0.15, 0.2) is 64.8 Å².